The van der Waals surface area contributed by atoms with Crippen LogP contribution >= 0.6 is 0 Å². The van der Waals surface area contributed by atoms with Crippen molar-refractivity contribution in [1.82, 2.24) is 0 Å². The second kappa shape index (κ2) is 6.52. The molecule has 1 aromatic carbocycles. The molecule has 1 atom stereocenters. The van der Waals surface area contributed by atoms with Crippen molar-refractivity contribution in [3.05, 3.63) is 35.4 Å². The Bertz CT molecular complexity index is 311. The van der Waals surface area contributed by atoms with Crippen LogP contribution in [-0.2, 0) is 9.47 Å². The van der Waals surface area contributed by atoms with Crippen LogP contribution in [0.5, 0.6) is 0 Å². The maximum Gasteiger partial charge on any atom is 0.132 e. The molecular formula is C11H14F2O3. The Labute approximate surface area is 92.6 Å². The molecule has 16 heavy (non-hydrogen) atoms. The van der Waals surface area contributed by atoms with Gasteiger partial charge in [0.25, 0.3) is 0 Å². The molecule has 0 bridgehead atoms. The molecule has 1 rings (SSSR count). The number of methoxy groups -OCH3 is 1. The first-order valence-electron chi connectivity index (χ1n) is 4.85. The number of benzene rings is 1. The van der Waals surface area contributed by atoms with E-state index in [0.29, 0.717) is 6.61 Å². The summed E-state index contributed by atoms with van der Waals surface area (Å²) in [5.41, 5.74) is -0.361. The van der Waals surface area contributed by atoms with E-state index >= 15 is 0 Å². The van der Waals surface area contributed by atoms with Gasteiger partial charge in [0, 0.05) is 7.11 Å². The number of hydrogen-bond acceptors (Lipinski definition) is 3. The van der Waals surface area contributed by atoms with Crippen molar-refractivity contribution >= 4 is 0 Å². The van der Waals surface area contributed by atoms with Crippen molar-refractivity contribution in [2.24, 2.45) is 0 Å². The highest BCUT2D eigenvalue weighted by atomic mass is 19.1. The van der Waals surface area contributed by atoms with Crippen molar-refractivity contribution in [3.63, 3.8) is 0 Å². The largest absolute Gasteiger partial charge is 0.386 e. The lowest BCUT2D eigenvalue weighted by Crippen LogP contribution is -2.13. The fraction of sp³-hybridized carbons (Fsp3) is 0.455. The lowest BCUT2D eigenvalue weighted by molar-refractivity contribution is 0.0100. The Morgan fingerprint density at radius 3 is 2.44 bits per heavy atom. The first-order chi connectivity index (χ1) is 7.66. The molecule has 1 aromatic rings. The van der Waals surface area contributed by atoms with Crippen LogP contribution in [0, 0.1) is 11.6 Å². The minimum absolute atomic E-state index is 0.165. The van der Waals surface area contributed by atoms with Gasteiger partial charge in [-0.25, -0.2) is 8.78 Å². The van der Waals surface area contributed by atoms with E-state index in [-0.39, 0.29) is 18.8 Å². The standard InChI is InChI=1S/C11H14F2O3/c1-15-5-6-16-7-10(14)11-8(12)3-2-4-9(11)13/h2-4,10,14H,5-7H2,1H3. The molecule has 0 aliphatic heterocycles. The molecule has 1 unspecified atom stereocenters. The Morgan fingerprint density at radius 1 is 1.25 bits per heavy atom. The fourth-order valence-corrected chi connectivity index (χ4v) is 1.25. The van der Waals surface area contributed by atoms with E-state index in [1.165, 1.54) is 13.2 Å². The maximum absolute atomic E-state index is 13.2. The van der Waals surface area contributed by atoms with Crippen molar-refractivity contribution in [2.45, 2.75) is 6.10 Å². The predicted molar refractivity (Wildman–Crippen MR) is 54.0 cm³/mol. The summed E-state index contributed by atoms with van der Waals surface area (Å²) < 4.78 is 36.1. The maximum atomic E-state index is 13.2. The zero-order valence-corrected chi connectivity index (χ0v) is 8.95. The number of rotatable bonds is 6. The molecule has 0 spiro atoms. The molecule has 3 nitrogen and oxygen atoms in total. The van der Waals surface area contributed by atoms with Gasteiger partial charge in [0.1, 0.15) is 17.7 Å². The number of ether oxygens (including phenoxy) is 2. The normalized spacial score (nSPS) is 12.8. The molecule has 0 saturated carbocycles. The Kier molecular flexibility index (Phi) is 5.31. The van der Waals surface area contributed by atoms with Gasteiger partial charge in [-0.05, 0) is 12.1 Å². The van der Waals surface area contributed by atoms with E-state index in [0.717, 1.165) is 12.1 Å². The molecule has 0 amide bonds. The van der Waals surface area contributed by atoms with E-state index in [4.69, 9.17) is 9.47 Å². The molecule has 90 valence electrons. The summed E-state index contributed by atoms with van der Waals surface area (Å²) in [7, 11) is 1.51. The lowest BCUT2D eigenvalue weighted by atomic mass is 10.1. The van der Waals surface area contributed by atoms with Gasteiger partial charge in [0.05, 0.1) is 25.4 Å². The molecule has 0 saturated heterocycles. The predicted octanol–water partition coefficient (Wildman–Crippen LogP) is 1.66. The highest BCUT2D eigenvalue weighted by Gasteiger charge is 2.17. The monoisotopic (exact) mass is 232 g/mol. The van der Waals surface area contributed by atoms with Crippen LogP contribution in [0.1, 0.15) is 11.7 Å². The molecule has 0 aromatic heterocycles. The zero-order valence-electron chi connectivity index (χ0n) is 8.95. The van der Waals surface area contributed by atoms with Gasteiger partial charge in [-0.3, -0.25) is 0 Å². The average molecular weight is 232 g/mol. The highest BCUT2D eigenvalue weighted by molar-refractivity contribution is 5.21. The van der Waals surface area contributed by atoms with E-state index in [1.54, 1.807) is 0 Å². The van der Waals surface area contributed by atoms with Crippen LogP contribution in [0.2, 0.25) is 0 Å². The smallest absolute Gasteiger partial charge is 0.132 e. The minimum atomic E-state index is -1.31. The van der Waals surface area contributed by atoms with Crippen LogP contribution in [0.15, 0.2) is 18.2 Å². The van der Waals surface area contributed by atoms with Gasteiger partial charge in [0.15, 0.2) is 0 Å². The van der Waals surface area contributed by atoms with Gasteiger partial charge in [-0.15, -0.1) is 0 Å². The quantitative estimate of drug-likeness (QED) is 0.758. The van der Waals surface area contributed by atoms with E-state index in [2.05, 4.69) is 0 Å². The topological polar surface area (TPSA) is 38.7 Å². The van der Waals surface area contributed by atoms with Crippen LogP contribution in [0.4, 0.5) is 8.78 Å². The third kappa shape index (κ3) is 3.52. The third-order valence-corrected chi connectivity index (χ3v) is 2.04. The first kappa shape index (κ1) is 13.0. The zero-order chi connectivity index (χ0) is 12.0. The fourth-order valence-electron chi connectivity index (χ4n) is 1.25. The van der Waals surface area contributed by atoms with Crippen LogP contribution in [0.25, 0.3) is 0 Å². The molecule has 0 fully saturated rings. The molecule has 1 N–H and O–H groups in total. The number of halogens is 2. The van der Waals surface area contributed by atoms with Gasteiger partial charge < -0.3 is 14.6 Å². The van der Waals surface area contributed by atoms with Crippen molar-refractivity contribution in [2.75, 3.05) is 26.9 Å². The summed E-state index contributed by atoms with van der Waals surface area (Å²) in [6, 6.07) is 3.43. The van der Waals surface area contributed by atoms with Crippen molar-refractivity contribution in [3.8, 4) is 0 Å². The van der Waals surface area contributed by atoms with Gasteiger partial charge in [-0.2, -0.15) is 0 Å². The number of aliphatic hydroxyl groups is 1. The number of aliphatic hydroxyl groups excluding tert-OH is 1. The lowest BCUT2D eigenvalue weighted by Gasteiger charge is -2.13. The Balaban J connectivity index is 2.55. The second-order valence-electron chi connectivity index (χ2n) is 3.22. The Morgan fingerprint density at radius 2 is 1.88 bits per heavy atom. The molecule has 5 heteroatoms. The van der Waals surface area contributed by atoms with Crippen LogP contribution < -0.4 is 0 Å². The summed E-state index contributed by atoms with van der Waals surface area (Å²) in [6.07, 6.45) is -1.31. The summed E-state index contributed by atoms with van der Waals surface area (Å²) in [6.45, 7) is 0.470. The summed E-state index contributed by atoms with van der Waals surface area (Å²) in [5.74, 6) is -1.55. The summed E-state index contributed by atoms with van der Waals surface area (Å²) in [5, 5.41) is 9.54. The first-order valence-corrected chi connectivity index (χ1v) is 4.85. The average Bonchev–Trinajstić information content (AvgIpc) is 2.24. The molecule has 0 aliphatic carbocycles. The van der Waals surface area contributed by atoms with Crippen LogP contribution in [-0.4, -0.2) is 32.0 Å². The van der Waals surface area contributed by atoms with E-state index in [1.807, 2.05) is 0 Å². The van der Waals surface area contributed by atoms with Crippen molar-refractivity contribution in [1.29, 1.82) is 0 Å². The van der Waals surface area contributed by atoms with Crippen LogP contribution in [0.3, 0.4) is 0 Å². The van der Waals surface area contributed by atoms with Gasteiger partial charge in [-0.1, -0.05) is 6.07 Å². The molecule has 0 radical (unpaired) electrons. The molecular weight excluding hydrogens is 218 g/mol. The van der Waals surface area contributed by atoms with Crippen molar-refractivity contribution < 1.29 is 23.4 Å². The van der Waals surface area contributed by atoms with E-state index in [9.17, 15) is 13.9 Å². The van der Waals surface area contributed by atoms with Gasteiger partial charge in [0.2, 0.25) is 0 Å². The van der Waals surface area contributed by atoms with E-state index < -0.39 is 17.7 Å². The SMILES string of the molecule is COCCOCC(O)c1c(F)cccc1F. The Hall–Kier alpha value is -1.04. The second-order valence-corrected chi connectivity index (χ2v) is 3.22. The summed E-state index contributed by atoms with van der Waals surface area (Å²) >= 11 is 0. The summed E-state index contributed by atoms with van der Waals surface area (Å²) in [4.78, 5) is 0. The minimum Gasteiger partial charge on any atom is -0.386 e. The van der Waals surface area contributed by atoms with Gasteiger partial charge >= 0.3 is 0 Å². The molecule has 0 aliphatic rings. The number of hydrogen-bond donors (Lipinski definition) is 1. The highest BCUT2D eigenvalue weighted by Crippen LogP contribution is 2.20. The third-order valence-electron chi connectivity index (χ3n) is 2.04. The molecule has 0 heterocycles.